The van der Waals surface area contributed by atoms with Crippen LogP contribution in [-0.2, 0) is 7.05 Å². The van der Waals surface area contributed by atoms with Crippen molar-refractivity contribution in [3.63, 3.8) is 0 Å². The van der Waals surface area contributed by atoms with Gasteiger partial charge < -0.3 is 14.6 Å². The second-order valence-corrected chi connectivity index (χ2v) is 11.5. The number of fused-ring (bicyclic) bond motifs is 6. The quantitative estimate of drug-likeness (QED) is 0.417. The van der Waals surface area contributed by atoms with Gasteiger partial charge in [0.05, 0.1) is 29.8 Å². The maximum atomic E-state index is 5.48. The van der Waals surface area contributed by atoms with Crippen molar-refractivity contribution < 1.29 is 14.6 Å². The van der Waals surface area contributed by atoms with Gasteiger partial charge in [-0.2, -0.15) is 0 Å². The van der Waals surface area contributed by atoms with Gasteiger partial charge in [0.15, 0.2) is 18.1 Å². The number of hydrogen-bond acceptors (Lipinski definition) is 4. The van der Waals surface area contributed by atoms with Crippen LogP contribution < -0.4 is 14.6 Å². The zero-order valence-corrected chi connectivity index (χ0v) is 25.3. The minimum Gasteiger partial charge on any atom is -0.497 e. The number of H-pyrrole nitrogens is 1. The molecule has 0 spiro atoms. The lowest BCUT2D eigenvalue weighted by Gasteiger charge is -2.16. The molecule has 5 aliphatic heterocycles. The molecule has 0 atom stereocenters. The van der Waals surface area contributed by atoms with E-state index < -0.39 is 0 Å². The molecule has 7 heterocycles. The summed E-state index contributed by atoms with van der Waals surface area (Å²) in [4.78, 5) is 16.3. The number of ether oxygens (including phenoxy) is 1. The Bertz CT molecular complexity index is 2090. The van der Waals surface area contributed by atoms with Crippen molar-refractivity contribution in [2.75, 3.05) is 14.2 Å². The number of nitrogens with zero attached hydrogens (tertiary/aromatic N) is 4. The summed E-state index contributed by atoms with van der Waals surface area (Å²) in [7, 11) is 5.75. The van der Waals surface area contributed by atoms with Gasteiger partial charge in [0, 0.05) is 71.8 Å². The third kappa shape index (κ3) is 4.80. The fourth-order valence-electron chi connectivity index (χ4n) is 6.19. The number of aromatic nitrogens is 2. The highest BCUT2D eigenvalue weighted by atomic mass is 16.5. The van der Waals surface area contributed by atoms with Crippen molar-refractivity contribution >= 4 is 28.1 Å². The van der Waals surface area contributed by atoms with E-state index in [1.807, 2.05) is 35.7 Å². The number of rotatable bonds is 3. The second-order valence-electron chi connectivity index (χ2n) is 11.5. The lowest BCUT2D eigenvalue weighted by molar-refractivity contribution is -0.671. The highest BCUT2D eigenvalue weighted by Gasteiger charge is 2.28. The molecule has 0 aliphatic carbocycles. The minimum absolute atomic E-state index is 0.811. The number of aryl methyl sites for hydroxylation is 1. The van der Waals surface area contributed by atoms with Crippen LogP contribution in [0.1, 0.15) is 22.5 Å². The maximum absolute atomic E-state index is 5.48. The molecule has 0 amide bonds. The Labute approximate surface area is 262 Å². The number of quaternary nitrogens is 1. The first-order valence-corrected chi connectivity index (χ1v) is 15.0. The Balaban J connectivity index is 1.41. The summed E-state index contributed by atoms with van der Waals surface area (Å²) in [6, 6.07) is 16.8. The van der Waals surface area contributed by atoms with E-state index in [1.165, 1.54) is 0 Å². The van der Waals surface area contributed by atoms with Crippen LogP contribution in [0.5, 0.6) is 5.75 Å². The predicted octanol–water partition coefficient (Wildman–Crippen LogP) is 5.12. The van der Waals surface area contributed by atoms with Crippen molar-refractivity contribution in [2.45, 2.75) is 0 Å². The van der Waals surface area contributed by atoms with Gasteiger partial charge in [-0.05, 0) is 71.9 Å². The lowest BCUT2D eigenvalue weighted by atomic mass is 9.99. The van der Waals surface area contributed by atoms with Gasteiger partial charge in [-0.15, -0.1) is 0 Å². The maximum Gasteiger partial charge on any atom is 0.169 e. The molecule has 1 aromatic carbocycles. The van der Waals surface area contributed by atoms with Crippen molar-refractivity contribution in [1.29, 1.82) is 0 Å². The Morgan fingerprint density at radius 2 is 1.29 bits per heavy atom. The number of benzene rings is 1. The Morgan fingerprint density at radius 3 is 2.02 bits per heavy atom. The summed E-state index contributed by atoms with van der Waals surface area (Å²) >= 11 is 0. The minimum atomic E-state index is 0.811. The number of methoxy groups -OCH3 is 1. The molecule has 7 heteroatoms. The van der Waals surface area contributed by atoms with Crippen LogP contribution in [0.2, 0.25) is 0 Å². The van der Waals surface area contributed by atoms with Crippen LogP contribution in [0.25, 0.3) is 16.7 Å². The number of hydrogen-bond donors (Lipinski definition) is 2. The first-order valence-electron chi connectivity index (χ1n) is 15.0. The lowest BCUT2D eigenvalue weighted by Crippen LogP contribution is -2.77. The molecule has 3 N–H and O–H groups in total. The first kappa shape index (κ1) is 26.8. The molecular formula is C38H32N6O+2. The Hall–Kier alpha value is -5.79. The molecule has 8 rings (SSSR count). The molecule has 3 aromatic rings. The van der Waals surface area contributed by atoms with Crippen molar-refractivity contribution in [2.24, 2.45) is 17.0 Å². The standard InChI is InChI=1S/C38H30N6O/c1-43-20-16-25(17-21-43)37-30-10-8-28(39-30)29-9-11-31(40-29)38(26-18-22-44(2)23-19-26)35-15-13-33(42-35)36(32-12-14-34(37)41-32)24-4-6-27(45-3)7-5-24/h4-23H,1-3H3,(H,41,42)/p+2. The fraction of sp³-hybridized carbons (Fsp3) is 0.0789. The smallest absolute Gasteiger partial charge is 0.169 e. The third-order valence-electron chi connectivity index (χ3n) is 8.52. The average molecular weight is 589 g/mol. The zero-order valence-electron chi connectivity index (χ0n) is 25.3. The van der Waals surface area contributed by atoms with E-state index in [1.54, 1.807) is 7.11 Å². The third-order valence-corrected chi connectivity index (χ3v) is 8.52. The second kappa shape index (κ2) is 10.7. The van der Waals surface area contributed by atoms with E-state index in [0.29, 0.717) is 0 Å². The summed E-state index contributed by atoms with van der Waals surface area (Å²) in [5.41, 5.74) is 14.2. The molecule has 218 valence electrons. The largest absolute Gasteiger partial charge is 0.497 e. The van der Waals surface area contributed by atoms with Crippen molar-refractivity contribution in [3.8, 4) is 5.75 Å². The topological polar surface area (TPSA) is 73.5 Å². The fourth-order valence-corrected chi connectivity index (χ4v) is 6.19. The van der Waals surface area contributed by atoms with E-state index >= 15 is 0 Å². The number of aromatic amines is 1. The van der Waals surface area contributed by atoms with Crippen LogP contribution in [0.3, 0.4) is 0 Å². The Morgan fingerprint density at radius 1 is 0.667 bits per heavy atom. The molecule has 0 radical (unpaired) electrons. The molecule has 2 aromatic heterocycles. The molecule has 7 nitrogen and oxygen atoms in total. The van der Waals surface area contributed by atoms with Crippen molar-refractivity contribution in [3.05, 3.63) is 173 Å². The van der Waals surface area contributed by atoms with Crippen LogP contribution in [0.15, 0.2) is 160 Å². The summed E-state index contributed by atoms with van der Waals surface area (Å²) in [6.45, 7) is 0. The van der Waals surface area contributed by atoms with Gasteiger partial charge in [-0.1, -0.05) is 12.1 Å². The molecule has 45 heavy (non-hydrogen) atoms. The van der Waals surface area contributed by atoms with E-state index in [2.05, 4.69) is 120 Å². The highest BCUT2D eigenvalue weighted by Crippen LogP contribution is 2.36. The molecule has 0 saturated heterocycles. The molecule has 0 unspecified atom stereocenters. The van der Waals surface area contributed by atoms with Gasteiger partial charge in [0.25, 0.3) is 0 Å². The predicted molar refractivity (Wildman–Crippen MR) is 179 cm³/mol. The van der Waals surface area contributed by atoms with Gasteiger partial charge in [0.1, 0.15) is 24.2 Å². The molecule has 8 bridgehead atoms. The van der Waals surface area contributed by atoms with Gasteiger partial charge in [-0.25, -0.2) is 14.6 Å². The molecule has 0 saturated carbocycles. The first-order chi connectivity index (χ1) is 22.0. The van der Waals surface area contributed by atoms with Gasteiger partial charge in [0.2, 0.25) is 0 Å². The number of pyridine rings is 1. The normalized spacial score (nSPS) is 18.3. The monoisotopic (exact) mass is 588 g/mol. The van der Waals surface area contributed by atoms with E-state index in [0.717, 1.165) is 84.8 Å². The van der Waals surface area contributed by atoms with Crippen LogP contribution >= 0.6 is 0 Å². The summed E-state index contributed by atoms with van der Waals surface area (Å²) in [5, 5.41) is 2.23. The highest BCUT2D eigenvalue weighted by molar-refractivity contribution is 6.32. The van der Waals surface area contributed by atoms with E-state index in [-0.39, 0.29) is 0 Å². The number of allylic oxidation sites excluding steroid dienone is 11. The molecule has 0 fully saturated rings. The number of aliphatic imine (C=N–C) groups is 2. The summed E-state index contributed by atoms with van der Waals surface area (Å²) < 4.78 is 7.53. The van der Waals surface area contributed by atoms with E-state index in [9.17, 15) is 0 Å². The van der Waals surface area contributed by atoms with Gasteiger partial charge >= 0.3 is 0 Å². The zero-order chi connectivity index (χ0) is 30.5. The average Bonchev–Trinajstić information content (AvgIpc) is 3.89. The van der Waals surface area contributed by atoms with Crippen LogP contribution in [0, 0.1) is 0 Å². The van der Waals surface area contributed by atoms with Crippen LogP contribution in [0.4, 0.5) is 0 Å². The molecule has 5 aliphatic rings. The SMILES string of the molecule is COc1ccc(C2=C3C=CC(=N3)C(c3cc[n+](C)cc3)=C3C=CC(=C4C=CC(=N4)C(=C4C=CN(C)C=C4)c4ccc2[nH]4)[NH2+]3)cc1. The van der Waals surface area contributed by atoms with Crippen LogP contribution in [-0.4, -0.2) is 35.5 Å². The van der Waals surface area contributed by atoms with E-state index in [4.69, 9.17) is 14.7 Å². The summed E-state index contributed by atoms with van der Waals surface area (Å²) in [5.74, 6) is 0.811. The molecular weight excluding hydrogens is 556 g/mol. The van der Waals surface area contributed by atoms with Crippen molar-refractivity contribution in [1.82, 2.24) is 9.88 Å². The van der Waals surface area contributed by atoms with Gasteiger partial charge in [-0.3, -0.25) is 5.32 Å². The number of nitrogens with two attached hydrogens (primary N) is 1. The Kier molecular flexibility index (Phi) is 6.39. The summed E-state index contributed by atoms with van der Waals surface area (Å²) in [6.07, 6.45) is 25.4. The number of nitrogens with one attached hydrogen (secondary N) is 1.